The highest BCUT2D eigenvalue weighted by molar-refractivity contribution is 6.57. The standard InChI is InChI=1S/C8H18Si3/c1-9-6-4-7(10-2)8(5-6)11-3/h4-6H,9-11H2,1-3H3. The summed E-state index contributed by atoms with van der Waals surface area (Å²) < 4.78 is 0. The fourth-order valence-electron chi connectivity index (χ4n) is 1.70. The maximum Gasteiger partial charge on any atom is 0.0510 e. The smallest absolute Gasteiger partial charge is 0.0510 e. The molecule has 0 bridgehead atoms. The maximum absolute atomic E-state index is 2.59. The molecule has 0 aromatic rings. The number of hydrogen-bond acceptors (Lipinski definition) is 0. The molecule has 0 N–H and O–H groups in total. The lowest BCUT2D eigenvalue weighted by Crippen LogP contribution is -1.97. The molecule has 0 heterocycles. The molecule has 11 heavy (non-hydrogen) atoms. The lowest BCUT2D eigenvalue weighted by molar-refractivity contribution is 1.39. The van der Waals surface area contributed by atoms with Gasteiger partial charge in [-0.25, -0.2) is 0 Å². The van der Waals surface area contributed by atoms with Gasteiger partial charge in [-0.15, -0.1) is 0 Å². The quantitative estimate of drug-likeness (QED) is 0.569. The summed E-state index contributed by atoms with van der Waals surface area (Å²) >= 11 is 0. The van der Waals surface area contributed by atoms with Gasteiger partial charge in [-0.3, -0.25) is 0 Å². The van der Waals surface area contributed by atoms with Gasteiger partial charge in [0.15, 0.2) is 0 Å². The average molecular weight is 198 g/mol. The fraction of sp³-hybridized carbons (Fsp3) is 0.500. The Morgan fingerprint density at radius 1 is 1.00 bits per heavy atom. The molecule has 0 saturated carbocycles. The van der Waals surface area contributed by atoms with Crippen LogP contribution in [0.2, 0.25) is 25.2 Å². The largest absolute Gasteiger partial charge is 0.0826 e. The van der Waals surface area contributed by atoms with E-state index in [1.165, 1.54) is 0 Å². The van der Waals surface area contributed by atoms with E-state index in [9.17, 15) is 0 Å². The topological polar surface area (TPSA) is 0 Å². The highest BCUT2D eigenvalue weighted by atomic mass is 28.2. The van der Waals surface area contributed by atoms with Crippen LogP contribution in [0.3, 0.4) is 0 Å². The first kappa shape index (κ1) is 9.22. The van der Waals surface area contributed by atoms with Gasteiger partial charge in [0.2, 0.25) is 0 Å². The summed E-state index contributed by atoms with van der Waals surface area (Å²) in [7, 11) is 0.481. The van der Waals surface area contributed by atoms with Crippen molar-refractivity contribution < 1.29 is 0 Å². The summed E-state index contributed by atoms with van der Waals surface area (Å²) in [6.45, 7) is 7.26. The van der Waals surface area contributed by atoms with Crippen molar-refractivity contribution in [3.05, 3.63) is 22.5 Å². The summed E-state index contributed by atoms with van der Waals surface area (Å²) in [5, 5.41) is 3.64. The minimum atomic E-state index is 0.141. The zero-order valence-electron chi connectivity index (χ0n) is 7.85. The van der Waals surface area contributed by atoms with Gasteiger partial charge in [0.1, 0.15) is 0 Å². The van der Waals surface area contributed by atoms with Crippen LogP contribution in [0.5, 0.6) is 0 Å². The summed E-state index contributed by atoms with van der Waals surface area (Å²) in [6.07, 6.45) is 5.18. The van der Waals surface area contributed by atoms with Crippen LogP contribution in [0, 0.1) is 0 Å². The number of hydrogen-bond donors (Lipinski definition) is 0. The van der Waals surface area contributed by atoms with Crippen molar-refractivity contribution in [1.82, 2.24) is 0 Å². The maximum atomic E-state index is 2.59. The van der Waals surface area contributed by atoms with Gasteiger partial charge < -0.3 is 0 Å². The van der Waals surface area contributed by atoms with E-state index in [2.05, 4.69) is 31.8 Å². The minimum Gasteiger partial charge on any atom is -0.0826 e. The molecule has 0 radical (unpaired) electrons. The molecule has 1 aliphatic rings. The van der Waals surface area contributed by atoms with E-state index < -0.39 is 0 Å². The van der Waals surface area contributed by atoms with Gasteiger partial charge in [0.25, 0.3) is 0 Å². The van der Waals surface area contributed by atoms with Crippen LogP contribution in [0.1, 0.15) is 0 Å². The predicted octanol–water partition coefficient (Wildman–Crippen LogP) is 0.207. The van der Waals surface area contributed by atoms with Crippen LogP contribution in [0.15, 0.2) is 22.5 Å². The van der Waals surface area contributed by atoms with Gasteiger partial charge >= 0.3 is 0 Å². The van der Waals surface area contributed by atoms with Crippen LogP contribution in [-0.4, -0.2) is 28.6 Å². The van der Waals surface area contributed by atoms with Crippen LogP contribution in [-0.2, 0) is 0 Å². The molecule has 0 aromatic heterocycles. The zero-order chi connectivity index (χ0) is 8.27. The molecule has 0 saturated heterocycles. The number of rotatable bonds is 3. The number of allylic oxidation sites excluding steroid dienone is 4. The van der Waals surface area contributed by atoms with Crippen LogP contribution < -0.4 is 0 Å². The first-order valence-corrected chi connectivity index (χ1v) is 11.2. The van der Waals surface area contributed by atoms with Crippen LogP contribution in [0.4, 0.5) is 0 Å². The van der Waals surface area contributed by atoms with Gasteiger partial charge in [0, 0.05) is 9.52 Å². The third-order valence-electron chi connectivity index (χ3n) is 2.48. The molecule has 0 aliphatic heterocycles. The van der Waals surface area contributed by atoms with Crippen molar-refractivity contribution in [2.75, 3.05) is 0 Å². The monoisotopic (exact) mass is 198 g/mol. The predicted molar refractivity (Wildman–Crippen MR) is 63.1 cm³/mol. The van der Waals surface area contributed by atoms with E-state index in [1.54, 1.807) is 0 Å². The van der Waals surface area contributed by atoms with Crippen molar-refractivity contribution in [1.29, 1.82) is 0 Å². The van der Waals surface area contributed by atoms with E-state index >= 15 is 0 Å². The highest BCUT2D eigenvalue weighted by Crippen LogP contribution is 2.25. The van der Waals surface area contributed by atoms with E-state index in [0.29, 0.717) is 0 Å². The van der Waals surface area contributed by atoms with E-state index in [1.807, 2.05) is 10.4 Å². The van der Waals surface area contributed by atoms with Crippen molar-refractivity contribution >= 4 is 28.6 Å². The Hall–Kier alpha value is 0.131. The van der Waals surface area contributed by atoms with Crippen molar-refractivity contribution in [2.45, 2.75) is 25.2 Å². The molecule has 0 spiro atoms. The Labute approximate surface area is 76.6 Å². The Morgan fingerprint density at radius 2 is 1.45 bits per heavy atom. The fourth-order valence-corrected chi connectivity index (χ4v) is 7.13. The second kappa shape index (κ2) is 4.23. The van der Waals surface area contributed by atoms with Gasteiger partial charge in [-0.2, -0.15) is 0 Å². The van der Waals surface area contributed by atoms with Gasteiger partial charge in [-0.1, -0.05) is 42.2 Å². The minimum absolute atomic E-state index is 0.141. The van der Waals surface area contributed by atoms with Crippen LogP contribution in [0.25, 0.3) is 0 Å². The van der Waals surface area contributed by atoms with E-state index in [0.717, 1.165) is 5.54 Å². The Balaban J connectivity index is 2.71. The van der Waals surface area contributed by atoms with Gasteiger partial charge in [-0.05, 0) is 5.54 Å². The molecule has 0 amide bonds. The Kier molecular flexibility index (Phi) is 3.55. The lowest BCUT2D eigenvalue weighted by Gasteiger charge is -1.99. The molecule has 0 unspecified atom stereocenters. The Morgan fingerprint density at radius 3 is 1.73 bits per heavy atom. The van der Waals surface area contributed by atoms with E-state index in [4.69, 9.17) is 0 Å². The van der Waals surface area contributed by atoms with Gasteiger partial charge in [0.05, 0.1) is 19.0 Å². The lowest BCUT2D eigenvalue weighted by atomic mass is 10.5. The normalized spacial score (nSPS) is 26.6. The summed E-state index contributed by atoms with van der Waals surface area (Å²) in [5.74, 6) is 0. The molecular formula is C8H18Si3. The molecule has 1 rings (SSSR count). The molecular weight excluding hydrogens is 180 g/mol. The second-order valence-electron chi connectivity index (χ2n) is 3.16. The molecule has 1 aliphatic carbocycles. The molecule has 3 heteroatoms. The SMILES string of the molecule is C[SiH2]C1=CC([SiH2]C)C=C1[SiH2]C. The van der Waals surface area contributed by atoms with Crippen molar-refractivity contribution in [3.63, 3.8) is 0 Å². The van der Waals surface area contributed by atoms with E-state index in [-0.39, 0.29) is 28.6 Å². The third kappa shape index (κ3) is 2.04. The second-order valence-corrected chi connectivity index (χ2v) is 7.86. The third-order valence-corrected chi connectivity index (χ3v) is 7.29. The van der Waals surface area contributed by atoms with Crippen molar-refractivity contribution in [2.24, 2.45) is 0 Å². The van der Waals surface area contributed by atoms with Crippen molar-refractivity contribution in [3.8, 4) is 0 Å². The molecule has 0 nitrogen and oxygen atoms in total. The molecule has 0 fully saturated rings. The highest BCUT2D eigenvalue weighted by Gasteiger charge is 2.12. The zero-order valence-corrected chi connectivity index (χ0v) is 12.1. The summed E-state index contributed by atoms with van der Waals surface area (Å²) in [4.78, 5) is 0. The Bertz CT molecular complexity index is 174. The molecule has 0 aromatic carbocycles. The summed E-state index contributed by atoms with van der Waals surface area (Å²) in [5.41, 5.74) is 0.944. The molecule has 0 atom stereocenters. The first-order chi connectivity index (χ1) is 5.31. The summed E-state index contributed by atoms with van der Waals surface area (Å²) in [6, 6.07) is 0. The first-order valence-electron chi connectivity index (χ1n) is 4.73. The molecule has 62 valence electrons. The average Bonchev–Trinajstić information content (AvgIpc) is 2.46. The van der Waals surface area contributed by atoms with Crippen LogP contribution >= 0.6 is 0 Å².